The fourth-order valence-corrected chi connectivity index (χ4v) is 2.24. The van der Waals surface area contributed by atoms with Crippen LogP contribution in [-0.4, -0.2) is 29.6 Å². The second-order valence-electron chi connectivity index (χ2n) is 6.12. The first-order valence-electron chi connectivity index (χ1n) is 7.53. The molecule has 1 aromatic rings. The van der Waals surface area contributed by atoms with Crippen LogP contribution in [0.25, 0.3) is 0 Å². The second kappa shape index (κ2) is 7.94. The molecule has 0 spiro atoms. The average Bonchev–Trinajstić information content (AvgIpc) is 2.45. The highest BCUT2D eigenvalue weighted by Gasteiger charge is 2.32. The molecule has 0 aliphatic heterocycles. The van der Waals surface area contributed by atoms with Crippen LogP contribution in [0.2, 0.25) is 0 Å². The molecule has 128 valence electrons. The van der Waals surface area contributed by atoms with Crippen molar-refractivity contribution in [2.75, 3.05) is 7.11 Å². The average molecular weight is 325 g/mol. The molecule has 5 nitrogen and oxygen atoms in total. The molecule has 23 heavy (non-hydrogen) atoms. The lowest BCUT2D eigenvalue weighted by Gasteiger charge is -2.33. The SMILES string of the molecule is COc1cccc(CCC(=O)NC(C)(CC(=O)O)C(C)C)c1F. The number of aliphatic carboxylic acids is 1. The van der Waals surface area contributed by atoms with Gasteiger partial charge >= 0.3 is 5.97 Å². The number of benzene rings is 1. The van der Waals surface area contributed by atoms with Crippen LogP contribution >= 0.6 is 0 Å². The number of ether oxygens (including phenoxy) is 1. The summed E-state index contributed by atoms with van der Waals surface area (Å²) in [4.78, 5) is 23.1. The number of carboxylic acid groups (broad SMARTS) is 1. The third-order valence-electron chi connectivity index (χ3n) is 4.10. The zero-order valence-corrected chi connectivity index (χ0v) is 14.0. The topological polar surface area (TPSA) is 75.6 Å². The van der Waals surface area contributed by atoms with E-state index in [2.05, 4.69) is 5.32 Å². The summed E-state index contributed by atoms with van der Waals surface area (Å²) in [5.41, 5.74) is -0.445. The first-order chi connectivity index (χ1) is 10.7. The minimum Gasteiger partial charge on any atom is -0.494 e. The van der Waals surface area contributed by atoms with Crippen molar-refractivity contribution >= 4 is 11.9 Å². The Labute approximate surface area is 135 Å². The van der Waals surface area contributed by atoms with Crippen LogP contribution in [-0.2, 0) is 16.0 Å². The highest BCUT2D eigenvalue weighted by atomic mass is 19.1. The van der Waals surface area contributed by atoms with E-state index in [9.17, 15) is 14.0 Å². The van der Waals surface area contributed by atoms with Crippen molar-refractivity contribution < 1.29 is 23.8 Å². The summed E-state index contributed by atoms with van der Waals surface area (Å²) >= 11 is 0. The van der Waals surface area contributed by atoms with Gasteiger partial charge in [-0.3, -0.25) is 9.59 Å². The zero-order valence-electron chi connectivity index (χ0n) is 14.0. The van der Waals surface area contributed by atoms with Crippen LogP contribution < -0.4 is 10.1 Å². The van der Waals surface area contributed by atoms with Gasteiger partial charge in [0.2, 0.25) is 5.91 Å². The molecule has 0 heterocycles. The van der Waals surface area contributed by atoms with Gasteiger partial charge in [0.1, 0.15) is 0 Å². The molecule has 1 aromatic carbocycles. The van der Waals surface area contributed by atoms with Gasteiger partial charge in [-0.1, -0.05) is 26.0 Å². The number of carbonyl (C=O) groups is 2. The third kappa shape index (κ3) is 5.23. The van der Waals surface area contributed by atoms with Crippen LogP contribution in [0.3, 0.4) is 0 Å². The minimum absolute atomic E-state index is 0.0453. The number of methoxy groups -OCH3 is 1. The lowest BCUT2D eigenvalue weighted by molar-refractivity contribution is -0.139. The summed E-state index contributed by atoms with van der Waals surface area (Å²) in [7, 11) is 1.38. The Hall–Kier alpha value is -2.11. The van der Waals surface area contributed by atoms with Crippen LogP contribution in [0.15, 0.2) is 18.2 Å². The zero-order chi connectivity index (χ0) is 17.6. The Morgan fingerprint density at radius 3 is 2.57 bits per heavy atom. The molecule has 1 unspecified atom stereocenters. The summed E-state index contributed by atoms with van der Waals surface area (Å²) in [5.74, 6) is -1.65. The number of carbonyl (C=O) groups excluding carboxylic acids is 1. The van der Waals surface area contributed by atoms with Crippen molar-refractivity contribution in [2.24, 2.45) is 5.92 Å². The van der Waals surface area contributed by atoms with Gasteiger partial charge in [0, 0.05) is 12.0 Å². The van der Waals surface area contributed by atoms with Gasteiger partial charge in [0.25, 0.3) is 0 Å². The summed E-state index contributed by atoms with van der Waals surface area (Å²) in [5, 5.41) is 11.8. The van der Waals surface area contributed by atoms with E-state index in [0.29, 0.717) is 5.56 Å². The number of aryl methyl sites for hydroxylation is 1. The second-order valence-corrected chi connectivity index (χ2v) is 6.12. The molecule has 1 rings (SSSR count). The van der Waals surface area contributed by atoms with Gasteiger partial charge in [0.05, 0.1) is 13.5 Å². The van der Waals surface area contributed by atoms with Crippen molar-refractivity contribution in [3.63, 3.8) is 0 Å². The van der Waals surface area contributed by atoms with Crippen molar-refractivity contribution in [1.29, 1.82) is 0 Å². The predicted molar refractivity (Wildman–Crippen MR) is 84.9 cm³/mol. The largest absolute Gasteiger partial charge is 0.494 e. The number of amides is 1. The first-order valence-corrected chi connectivity index (χ1v) is 7.53. The molecule has 0 aliphatic carbocycles. The normalized spacial score (nSPS) is 13.5. The third-order valence-corrected chi connectivity index (χ3v) is 4.10. The van der Waals surface area contributed by atoms with Crippen LogP contribution in [0.1, 0.15) is 39.2 Å². The monoisotopic (exact) mass is 325 g/mol. The van der Waals surface area contributed by atoms with Crippen LogP contribution in [0, 0.1) is 11.7 Å². The summed E-state index contributed by atoms with van der Waals surface area (Å²) in [6.45, 7) is 5.41. The number of nitrogens with one attached hydrogen (secondary N) is 1. The number of hydrogen-bond donors (Lipinski definition) is 2. The fraction of sp³-hybridized carbons (Fsp3) is 0.529. The molecule has 0 bridgehead atoms. The fourth-order valence-electron chi connectivity index (χ4n) is 2.24. The van der Waals surface area contributed by atoms with Gasteiger partial charge < -0.3 is 15.2 Å². The van der Waals surface area contributed by atoms with Crippen molar-refractivity contribution in [2.45, 2.75) is 45.6 Å². The maximum atomic E-state index is 14.0. The highest BCUT2D eigenvalue weighted by Crippen LogP contribution is 2.23. The summed E-state index contributed by atoms with van der Waals surface area (Å²) < 4.78 is 18.9. The van der Waals surface area contributed by atoms with Crippen LogP contribution in [0.5, 0.6) is 5.75 Å². The van der Waals surface area contributed by atoms with Crippen molar-refractivity contribution in [3.8, 4) is 5.75 Å². The van der Waals surface area contributed by atoms with Gasteiger partial charge in [0.15, 0.2) is 11.6 Å². The molecule has 2 N–H and O–H groups in total. The van der Waals surface area contributed by atoms with E-state index < -0.39 is 17.3 Å². The number of halogens is 1. The Morgan fingerprint density at radius 2 is 2.04 bits per heavy atom. The maximum absolute atomic E-state index is 14.0. The van der Waals surface area contributed by atoms with E-state index in [1.54, 1.807) is 19.1 Å². The quantitative estimate of drug-likeness (QED) is 0.770. The Bertz CT molecular complexity index is 574. The molecule has 0 aromatic heterocycles. The van der Waals surface area contributed by atoms with Gasteiger partial charge in [-0.15, -0.1) is 0 Å². The maximum Gasteiger partial charge on any atom is 0.305 e. The molecular weight excluding hydrogens is 301 g/mol. The minimum atomic E-state index is -0.972. The lowest BCUT2D eigenvalue weighted by Crippen LogP contribution is -2.51. The van der Waals surface area contributed by atoms with Crippen molar-refractivity contribution in [3.05, 3.63) is 29.6 Å². The standard InChI is InChI=1S/C17H24FNO4/c1-11(2)17(3,10-15(21)22)19-14(20)9-8-12-6-5-7-13(23-4)16(12)18/h5-7,11H,8-10H2,1-4H3,(H,19,20)(H,21,22). The molecule has 0 radical (unpaired) electrons. The molecule has 1 amide bonds. The lowest BCUT2D eigenvalue weighted by atomic mass is 9.85. The molecule has 6 heteroatoms. The Balaban J connectivity index is 2.71. The van der Waals surface area contributed by atoms with Gasteiger partial charge in [-0.25, -0.2) is 4.39 Å². The van der Waals surface area contributed by atoms with E-state index in [-0.39, 0.29) is 36.8 Å². The highest BCUT2D eigenvalue weighted by molar-refractivity contribution is 5.78. The molecule has 0 fully saturated rings. The number of rotatable bonds is 8. The Morgan fingerprint density at radius 1 is 1.39 bits per heavy atom. The van der Waals surface area contributed by atoms with E-state index in [1.165, 1.54) is 13.2 Å². The van der Waals surface area contributed by atoms with Gasteiger partial charge in [-0.05, 0) is 30.9 Å². The van der Waals surface area contributed by atoms with E-state index >= 15 is 0 Å². The van der Waals surface area contributed by atoms with Crippen molar-refractivity contribution in [1.82, 2.24) is 5.32 Å². The number of hydrogen-bond acceptors (Lipinski definition) is 3. The molecule has 0 aliphatic rings. The molecular formula is C17H24FNO4. The molecule has 0 saturated heterocycles. The van der Waals surface area contributed by atoms with E-state index in [0.717, 1.165) is 0 Å². The summed E-state index contributed by atoms with van der Waals surface area (Å²) in [6, 6.07) is 4.78. The first kappa shape index (κ1) is 18.9. The summed E-state index contributed by atoms with van der Waals surface area (Å²) in [6.07, 6.45) is 0.131. The molecule has 1 atom stereocenters. The van der Waals surface area contributed by atoms with E-state index in [1.807, 2.05) is 13.8 Å². The van der Waals surface area contributed by atoms with Gasteiger partial charge in [-0.2, -0.15) is 0 Å². The number of carboxylic acids is 1. The predicted octanol–water partition coefficient (Wildman–Crippen LogP) is 2.77. The van der Waals surface area contributed by atoms with E-state index in [4.69, 9.17) is 9.84 Å². The smallest absolute Gasteiger partial charge is 0.305 e. The van der Waals surface area contributed by atoms with Crippen LogP contribution in [0.4, 0.5) is 4.39 Å². The Kier molecular flexibility index (Phi) is 6.54. The molecule has 0 saturated carbocycles.